The summed E-state index contributed by atoms with van der Waals surface area (Å²) < 4.78 is 4.63. The van der Waals surface area contributed by atoms with Crippen molar-refractivity contribution in [1.82, 2.24) is 0 Å². The van der Waals surface area contributed by atoms with E-state index in [1.54, 1.807) is 0 Å². The van der Waals surface area contributed by atoms with Crippen molar-refractivity contribution in [3.63, 3.8) is 0 Å². The number of allylic oxidation sites excluding steroid dienone is 1. The van der Waals surface area contributed by atoms with Crippen LogP contribution in [-0.2, 0) is 9.53 Å². The number of carbonyl (C=O) groups excluding carboxylic acids is 1. The quantitative estimate of drug-likeness (QED) is 0.481. The van der Waals surface area contributed by atoms with E-state index in [0.717, 1.165) is 0 Å². The Kier molecular flexibility index (Phi) is 3.11. The molecule has 0 rings (SSSR count). The molecular weight excluding hydrogens is 142 g/mol. The molecule has 0 aromatic rings. The number of ether oxygens (including phenoxy) is 1. The second-order valence-electron chi connectivity index (χ2n) is 3.37. The van der Waals surface area contributed by atoms with Crippen LogP contribution in [0.1, 0.15) is 20.8 Å². The van der Waals surface area contributed by atoms with Crippen LogP contribution in [0.2, 0.25) is 0 Å². The third-order valence-corrected chi connectivity index (χ3v) is 1.25. The monoisotopic (exact) mass is 157 g/mol. The van der Waals surface area contributed by atoms with Gasteiger partial charge in [0.2, 0.25) is 0 Å². The summed E-state index contributed by atoms with van der Waals surface area (Å²) in [6, 6.07) is 0. The van der Waals surface area contributed by atoms with Gasteiger partial charge in [-0.3, -0.25) is 4.79 Å². The fourth-order valence-corrected chi connectivity index (χ4v) is 0.405. The summed E-state index contributed by atoms with van der Waals surface area (Å²) in [4.78, 5) is 11.2. The fraction of sp³-hybridized carbons (Fsp3) is 0.625. The molecule has 3 heteroatoms. The van der Waals surface area contributed by atoms with E-state index in [-0.39, 0.29) is 17.1 Å². The minimum atomic E-state index is -0.386. The van der Waals surface area contributed by atoms with E-state index in [0.29, 0.717) is 0 Å². The Morgan fingerprint density at radius 3 is 2.18 bits per heavy atom. The molecule has 0 spiro atoms. The smallest absolute Gasteiger partial charge is 0.187 e. The second-order valence-corrected chi connectivity index (χ2v) is 3.37. The van der Waals surface area contributed by atoms with Crippen molar-refractivity contribution >= 4 is 5.78 Å². The lowest BCUT2D eigenvalue weighted by Gasteiger charge is -2.13. The number of carbonyl (C=O) groups is 1. The zero-order valence-electron chi connectivity index (χ0n) is 7.47. The lowest BCUT2D eigenvalue weighted by Crippen LogP contribution is -2.19. The van der Waals surface area contributed by atoms with Gasteiger partial charge >= 0.3 is 0 Å². The van der Waals surface area contributed by atoms with Crippen LogP contribution < -0.4 is 5.73 Å². The molecule has 0 bridgehead atoms. The topological polar surface area (TPSA) is 52.3 Å². The van der Waals surface area contributed by atoms with Crippen LogP contribution in [0.25, 0.3) is 0 Å². The summed E-state index contributed by atoms with van der Waals surface area (Å²) >= 11 is 0. The highest BCUT2D eigenvalue weighted by Crippen LogP contribution is 2.15. The molecule has 0 unspecified atom stereocenters. The van der Waals surface area contributed by atoms with E-state index in [1.807, 2.05) is 20.8 Å². The number of ketones is 1. The third-order valence-electron chi connectivity index (χ3n) is 1.25. The first-order valence-corrected chi connectivity index (χ1v) is 3.43. The van der Waals surface area contributed by atoms with Gasteiger partial charge in [0.1, 0.15) is 0 Å². The number of rotatable bonds is 2. The summed E-state index contributed by atoms with van der Waals surface area (Å²) in [5.74, 6) is 0.127. The molecule has 11 heavy (non-hydrogen) atoms. The van der Waals surface area contributed by atoms with Crippen molar-refractivity contribution in [3.8, 4) is 0 Å². The molecule has 3 nitrogen and oxygen atoms in total. The van der Waals surface area contributed by atoms with Gasteiger partial charge in [0.15, 0.2) is 11.7 Å². The van der Waals surface area contributed by atoms with Gasteiger partial charge in [0, 0.05) is 11.5 Å². The van der Waals surface area contributed by atoms with Crippen molar-refractivity contribution in [2.24, 2.45) is 11.1 Å². The molecule has 0 radical (unpaired) electrons. The molecule has 0 saturated heterocycles. The molecule has 0 amide bonds. The summed E-state index contributed by atoms with van der Waals surface area (Å²) in [6.45, 7) is 5.48. The highest BCUT2D eigenvalue weighted by atomic mass is 16.5. The van der Waals surface area contributed by atoms with Crippen molar-refractivity contribution < 1.29 is 9.53 Å². The van der Waals surface area contributed by atoms with E-state index in [9.17, 15) is 4.79 Å². The standard InChI is InChI=1S/C8H15NO2/c1-8(2,3)6(10)5-7(9)11-4/h5H,9H2,1-4H3. The minimum Gasteiger partial charge on any atom is -0.483 e. The Morgan fingerprint density at radius 2 is 1.91 bits per heavy atom. The van der Waals surface area contributed by atoms with Crippen LogP contribution in [0.15, 0.2) is 12.0 Å². The second kappa shape index (κ2) is 3.42. The van der Waals surface area contributed by atoms with E-state index >= 15 is 0 Å². The molecule has 0 aromatic carbocycles. The average Bonchev–Trinajstić information content (AvgIpc) is 1.85. The Balaban J connectivity index is 4.30. The van der Waals surface area contributed by atoms with Crippen molar-refractivity contribution in [1.29, 1.82) is 0 Å². The van der Waals surface area contributed by atoms with Crippen molar-refractivity contribution in [2.75, 3.05) is 7.11 Å². The SMILES string of the molecule is COC(N)=CC(=O)C(C)(C)C. The summed E-state index contributed by atoms with van der Waals surface area (Å²) in [6.07, 6.45) is 1.31. The van der Waals surface area contributed by atoms with Gasteiger partial charge in [-0.05, 0) is 0 Å². The zero-order valence-corrected chi connectivity index (χ0v) is 7.47. The maximum Gasteiger partial charge on any atom is 0.187 e. The van der Waals surface area contributed by atoms with Gasteiger partial charge < -0.3 is 10.5 Å². The number of hydrogen-bond acceptors (Lipinski definition) is 3. The molecule has 2 N–H and O–H groups in total. The van der Waals surface area contributed by atoms with Crippen LogP contribution in [0.3, 0.4) is 0 Å². The Bertz CT molecular complexity index is 177. The number of hydrogen-bond donors (Lipinski definition) is 1. The van der Waals surface area contributed by atoms with Gasteiger partial charge in [-0.25, -0.2) is 0 Å². The predicted molar refractivity (Wildman–Crippen MR) is 43.7 cm³/mol. The average molecular weight is 157 g/mol. The van der Waals surface area contributed by atoms with Crippen LogP contribution in [-0.4, -0.2) is 12.9 Å². The molecule has 0 aliphatic rings. The summed E-state index contributed by atoms with van der Waals surface area (Å²) in [5, 5.41) is 0. The van der Waals surface area contributed by atoms with Crippen LogP contribution >= 0.6 is 0 Å². The Morgan fingerprint density at radius 1 is 1.45 bits per heavy atom. The molecule has 0 aliphatic carbocycles. The normalized spacial score (nSPS) is 12.9. The molecule has 0 atom stereocenters. The highest BCUT2D eigenvalue weighted by molar-refractivity contribution is 5.94. The Labute approximate surface area is 67.2 Å². The van der Waals surface area contributed by atoms with E-state index in [4.69, 9.17) is 5.73 Å². The minimum absolute atomic E-state index is 0.0307. The Hall–Kier alpha value is -0.990. The van der Waals surface area contributed by atoms with Crippen LogP contribution in [0, 0.1) is 5.41 Å². The van der Waals surface area contributed by atoms with Crippen LogP contribution in [0.4, 0.5) is 0 Å². The molecule has 0 aliphatic heterocycles. The summed E-state index contributed by atoms with van der Waals surface area (Å²) in [7, 11) is 1.43. The number of methoxy groups -OCH3 is 1. The third kappa shape index (κ3) is 3.65. The van der Waals surface area contributed by atoms with E-state index in [1.165, 1.54) is 13.2 Å². The summed E-state index contributed by atoms with van der Waals surface area (Å²) in [5.41, 5.74) is 4.90. The van der Waals surface area contributed by atoms with Gasteiger partial charge in [0.25, 0.3) is 0 Å². The van der Waals surface area contributed by atoms with Gasteiger partial charge in [0.05, 0.1) is 7.11 Å². The van der Waals surface area contributed by atoms with Gasteiger partial charge in [-0.1, -0.05) is 20.8 Å². The molecule has 0 fully saturated rings. The fourth-order valence-electron chi connectivity index (χ4n) is 0.405. The van der Waals surface area contributed by atoms with Crippen LogP contribution in [0.5, 0.6) is 0 Å². The first kappa shape index (κ1) is 10.0. The van der Waals surface area contributed by atoms with Gasteiger partial charge in [-0.2, -0.15) is 0 Å². The first-order chi connectivity index (χ1) is 4.88. The first-order valence-electron chi connectivity index (χ1n) is 3.43. The molecule has 0 heterocycles. The zero-order chi connectivity index (χ0) is 9.07. The van der Waals surface area contributed by atoms with E-state index < -0.39 is 0 Å². The molecule has 0 aromatic heterocycles. The van der Waals surface area contributed by atoms with Crippen molar-refractivity contribution in [3.05, 3.63) is 12.0 Å². The van der Waals surface area contributed by atoms with Gasteiger partial charge in [-0.15, -0.1) is 0 Å². The molecule has 0 saturated carbocycles. The van der Waals surface area contributed by atoms with Crippen molar-refractivity contribution in [2.45, 2.75) is 20.8 Å². The largest absolute Gasteiger partial charge is 0.483 e. The van der Waals surface area contributed by atoms with E-state index in [2.05, 4.69) is 4.74 Å². The molecule has 64 valence electrons. The highest BCUT2D eigenvalue weighted by Gasteiger charge is 2.19. The predicted octanol–water partition coefficient (Wildman–Crippen LogP) is 1.05. The lowest BCUT2D eigenvalue weighted by atomic mass is 9.91. The molecular formula is C8H15NO2. The lowest BCUT2D eigenvalue weighted by molar-refractivity contribution is -0.121. The maximum atomic E-state index is 11.2. The number of nitrogens with two attached hydrogens (primary N) is 1. The maximum absolute atomic E-state index is 11.2.